The minimum atomic E-state index is -0.778. The number of hydrogen-bond donors (Lipinski definition) is 1. The van der Waals surface area contributed by atoms with Crippen LogP contribution >= 0.6 is 0 Å². The van der Waals surface area contributed by atoms with Gasteiger partial charge in [0.05, 0.1) is 0 Å². The Hall–Kier alpha value is -4.59. The normalized spacial score (nSPS) is 12.8. The van der Waals surface area contributed by atoms with Crippen molar-refractivity contribution in [2.45, 2.75) is 25.9 Å². The summed E-state index contributed by atoms with van der Waals surface area (Å²) in [4.78, 5) is 33.0. The molecular weight excluding hydrogens is 468 g/mol. The molecule has 0 spiro atoms. The summed E-state index contributed by atoms with van der Waals surface area (Å²) in [5.41, 5.74) is 4.12. The molecule has 0 saturated heterocycles. The second kappa shape index (κ2) is 10.2. The molecule has 2 amide bonds. The Morgan fingerprint density at radius 2 is 1.92 bits per heavy atom. The zero-order chi connectivity index (χ0) is 25.9. The highest BCUT2D eigenvalue weighted by Gasteiger charge is 2.27. The molecule has 4 aromatic rings. The van der Waals surface area contributed by atoms with Crippen molar-refractivity contribution >= 4 is 34.6 Å². The topological polar surface area (TPSA) is 85.7 Å². The van der Waals surface area contributed by atoms with Gasteiger partial charge in [-0.2, -0.15) is 0 Å². The van der Waals surface area contributed by atoms with Gasteiger partial charge >= 0.3 is 0 Å². The number of amides is 2. The molecule has 8 heteroatoms. The summed E-state index contributed by atoms with van der Waals surface area (Å²) < 4.78 is 12.7. The lowest BCUT2D eigenvalue weighted by molar-refractivity contribution is -0.127. The van der Waals surface area contributed by atoms with Crippen LogP contribution in [0.2, 0.25) is 0 Å². The third-order valence-corrected chi connectivity index (χ3v) is 6.62. The molecule has 0 radical (unpaired) electrons. The van der Waals surface area contributed by atoms with E-state index in [1.165, 1.54) is 4.90 Å². The van der Waals surface area contributed by atoms with Gasteiger partial charge in [-0.1, -0.05) is 43.0 Å². The Morgan fingerprint density at radius 3 is 2.70 bits per heavy atom. The molecule has 2 aromatic carbocycles. The minimum absolute atomic E-state index is 0.0273. The first-order valence-electron chi connectivity index (χ1n) is 12.0. The van der Waals surface area contributed by atoms with E-state index >= 15 is 0 Å². The molecule has 1 aliphatic heterocycles. The van der Waals surface area contributed by atoms with Crippen LogP contribution in [0.1, 0.15) is 16.8 Å². The quantitative estimate of drug-likeness (QED) is 0.397. The maximum Gasteiger partial charge on any atom is 0.249 e. The molecule has 0 saturated carbocycles. The number of carbonyl (C=O) groups is 2. The Balaban J connectivity index is 1.40. The van der Waals surface area contributed by atoms with E-state index < -0.39 is 6.04 Å². The molecule has 0 bridgehead atoms. The van der Waals surface area contributed by atoms with E-state index in [1.54, 1.807) is 37.5 Å². The molecule has 0 aliphatic carbocycles. The number of aromatic nitrogens is 2. The second-order valence-electron chi connectivity index (χ2n) is 8.91. The zero-order valence-corrected chi connectivity index (χ0v) is 20.8. The monoisotopic (exact) mass is 496 g/mol. The number of benzene rings is 2. The number of hydrogen-bond acceptors (Lipinski definition) is 5. The van der Waals surface area contributed by atoms with Gasteiger partial charge in [-0.05, 0) is 36.8 Å². The Morgan fingerprint density at radius 1 is 1.14 bits per heavy atom. The maximum atomic E-state index is 13.7. The summed E-state index contributed by atoms with van der Waals surface area (Å²) >= 11 is 0. The van der Waals surface area contributed by atoms with Gasteiger partial charge in [-0.3, -0.25) is 9.59 Å². The summed E-state index contributed by atoms with van der Waals surface area (Å²) in [7, 11) is 1.69. The standard InChI is InChI=1S/C29H28N4O4/c1-4-22-19(2)33(28-23(22)11-8-14-30-28)17-27(34)31-24(15-20-9-6-5-7-10-20)29(35)32(3)21-12-13-25-26(16-21)37-18-36-25/h4-14,16,24H,1,15,17-18H2,2-3H3,(H,31,34)/t24-/m0/s1. The van der Waals surface area contributed by atoms with Crippen LogP contribution in [-0.2, 0) is 22.6 Å². The highest BCUT2D eigenvalue weighted by molar-refractivity contribution is 5.99. The largest absolute Gasteiger partial charge is 0.454 e. The number of anilines is 1. The third-order valence-electron chi connectivity index (χ3n) is 6.62. The smallest absolute Gasteiger partial charge is 0.249 e. The highest BCUT2D eigenvalue weighted by Crippen LogP contribution is 2.35. The number of nitrogens with one attached hydrogen (secondary N) is 1. The third kappa shape index (κ3) is 4.78. The van der Waals surface area contributed by atoms with E-state index in [9.17, 15) is 9.59 Å². The fourth-order valence-corrected chi connectivity index (χ4v) is 4.66. The fraction of sp³-hybridized carbons (Fsp3) is 0.207. The van der Waals surface area contributed by atoms with E-state index in [2.05, 4.69) is 16.9 Å². The first kappa shape index (κ1) is 24.1. The number of rotatable bonds is 8. The molecule has 0 fully saturated rings. The SMILES string of the molecule is C=Cc1c(C)n(CC(=O)N[C@@H](Cc2ccccc2)C(=O)N(C)c2ccc3c(c2)OCO3)c2ncccc12. The molecule has 188 valence electrons. The van der Waals surface area contributed by atoms with Crippen LogP contribution in [0.3, 0.4) is 0 Å². The minimum Gasteiger partial charge on any atom is -0.454 e. The van der Waals surface area contributed by atoms with Gasteiger partial charge in [0, 0.05) is 48.1 Å². The zero-order valence-electron chi connectivity index (χ0n) is 20.8. The first-order valence-corrected chi connectivity index (χ1v) is 12.0. The first-order chi connectivity index (χ1) is 18.0. The Kier molecular flexibility index (Phi) is 6.64. The number of likely N-dealkylation sites (N-methyl/N-ethyl adjacent to an activating group) is 1. The van der Waals surface area contributed by atoms with Crippen molar-refractivity contribution in [3.8, 4) is 11.5 Å². The lowest BCUT2D eigenvalue weighted by atomic mass is 10.0. The van der Waals surface area contributed by atoms with E-state index in [1.807, 2.05) is 54.0 Å². The molecule has 1 N–H and O–H groups in total. The average molecular weight is 497 g/mol. The molecule has 5 rings (SSSR count). The lowest BCUT2D eigenvalue weighted by Gasteiger charge is -2.25. The van der Waals surface area contributed by atoms with Gasteiger partial charge in [0.2, 0.25) is 18.6 Å². The Labute approximate surface area is 215 Å². The van der Waals surface area contributed by atoms with Crippen LogP contribution in [0.25, 0.3) is 17.1 Å². The number of pyridine rings is 1. The van der Waals surface area contributed by atoms with Gasteiger partial charge in [0.1, 0.15) is 18.2 Å². The number of fused-ring (bicyclic) bond motifs is 2. The predicted molar refractivity (Wildman–Crippen MR) is 143 cm³/mol. The van der Waals surface area contributed by atoms with E-state index in [0.717, 1.165) is 22.2 Å². The molecule has 3 heterocycles. The summed E-state index contributed by atoms with van der Waals surface area (Å²) in [5, 5.41) is 3.91. The Bertz CT molecular complexity index is 1480. The van der Waals surface area contributed by atoms with Crippen LogP contribution in [0.4, 0.5) is 5.69 Å². The van der Waals surface area contributed by atoms with Gasteiger partial charge < -0.3 is 24.3 Å². The van der Waals surface area contributed by atoms with Crippen LogP contribution < -0.4 is 19.7 Å². The fourth-order valence-electron chi connectivity index (χ4n) is 4.66. The summed E-state index contributed by atoms with van der Waals surface area (Å²) in [6, 6.07) is 18.0. The number of nitrogens with zero attached hydrogens (tertiary/aromatic N) is 3. The van der Waals surface area contributed by atoms with Crippen molar-refractivity contribution in [2.75, 3.05) is 18.7 Å². The van der Waals surface area contributed by atoms with E-state index in [4.69, 9.17) is 9.47 Å². The molecule has 37 heavy (non-hydrogen) atoms. The van der Waals surface area contributed by atoms with Gasteiger partial charge in [-0.15, -0.1) is 0 Å². The molecule has 0 unspecified atom stereocenters. The van der Waals surface area contributed by atoms with Gasteiger partial charge in [-0.25, -0.2) is 4.98 Å². The van der Waals surface area contributed by atoms with E-state index in [0.29, 0.717) is 29.3 Å². The average Bonchev–Trinajstić information content (AvgIpc) is 3.49. The summed E-state index contributed by atoms with van der Waals surface area (Å²) in [6.07, 6.45) is 3.82. The molecule has 8 nitrogen and oxygen atoms in total. The lowest BCUT2D eigenvalue weighted by Crippen LogP contribution is -2.49. The predicted octanol–water partition coefficient (Wildman–Crippen LogP) is 4.11. The number of ether oxygens (including phenoxy) is 2. The van der Waals surface area contributed by atoms with Gasteiger partial charge in [0.25, 0.3) is 0 Å². The van der Waals surface area contributed by atoms with E-state index in [-0.39, 0.29) is 25.2 Å². The summed E-state index contributed by atoms with van der Waals surface area (Å²) in [5.74, 6) is 0.700. The maximum absolute atomic E-state index is 13.7. The molecular formula is C29H28N4O4. The van der Waals surface area contributed by atoms with Crippen molar-refractivity contribution < 1.29 is 19.1 Å². The van der Waals surface area contributed by atoms with Crippen molar-refractivity contribution in [2.24, 2.45) is 0 Å². The van der Waals surface area contributed by atoms with Crippen LogP contribution in [0, 0.1) is 6.92 Å². The van der Waals surface area contributed by atoms with Crippen molar-refractivity contribution in [1.29, 1.82) is 0 Å². The van der Waals surface area contributed by atoms with Crippen LogP contribution in [0.15, 0.2) is 73.4 Å². The summed E-state index contributed by atoms with van der Waals surface area (Å²) in [6.45, 7) is 6.03. The number of carbonyl (C=O) groups excluding carboxylic acids is 2. The van der Waals surface area contributed by atoms with Crippen molar-refractivity contribution in [3.05, 3.63) is 90.3 Å². The van der Waals surface area contributed by atoms with Crippen molar-refractivity contribution in [1.82, 2.24) is 14.9 Å². The van der Waals surface area contributed by atoms with Crippen LogP contribution in [0.5, 0.6) is 11.5 Å². The van der Waals surface area contributed by atoms with Crippen molar-refractivity contribution in [3.63, 3.8) is 0 Å². The molecule has 1 aliphatic rings. The molecule has 2 aromatic heterocycles. The second-order valence-corrected chi connectivity index (χ2v) is 8.91. The molecule has 1 atom stereocenters. The van der Waals surface area contributed by atoms with Gasteiger partial charge in [0.15, 0.2) is 11.5 Å². The van der Waals surface area contributed by atoms with Crippen LogP contribution in [-0.4, -0.2) is 41.2 Å². The highest BCUT2D eigenvalue weighted by atomic mass is 16.7.